The predicted octanol–water partition coefficient (Wildman–Crippen LogP) is 2.63. The Labute approximate surface area is 93.8 Å². The molecule has 3 nitrogen and oxygen atoms in total. The molecular formula is C11H14O3S. The van der Waals surface area contributed by atoms with Crippen LogP contribution in [0.5, 0.6) is 11.5 Å². The van der Waals surface area contributed by atoms with E-state index in [0.29, 0.717) is 23.7 Å². The van der Waals surface area contributed by atoms with Gasteiger partial charge in [-0.2, -0.15) is 0 Å². The van der Waals surface area contributed by atoms with E-state index in [1.54, 1.807) is 19.2 Å². The highest BCUT2D eigenvalue weighted by Crippen LogP contribution is 2.37. The summed E-state index contributed by atoms with van der Waals surface area (Å²) in [5.41, 5.74) is 0.597. The van der Waals surface area contributed by atoms with Crippen LogP contribution in [0.1, 0.15) is 17.3 Å². The average molecular weight is 226 g/mol. The van der Waals surface area contributed by atoms with Crippen molar-refractivity contribution in [2.45, 2.75) is 11.8 Å². The van der Waals surface area contributed by atoms with E-state index in [0.717, 1.165) is 11.2 Å². The van der Waals surface area contributed by atoms with Crippen LogP contribution in [0, 0.1) is 0 Å². The first-order valence-corrected chi connectivity index (χ1v) is 5.83. The lowest BCUT2D eigenvalue weighted by molar-refractivity contribution is 0.112. The van der Waals surface area contributed by atoms with Crippen LogP contribution < -0.4 is 9.47 Å². The van der Waals surface area contributed by atoms with Crippen molar-refractivity contribution in [3.63, 3.8) is 0 Å². The van der Waals surface area contributed by atoms with Crippen molar-refractivity contribution in [2.24, 2.45) is 0 Å². The molecule has 0 unspecified atom stereocenters. The fourth-order valence-corrected chi connectivity index (χ4v) is 1.85. The van der Waals surface area contributed by atoms with Crippen LogP contribution >= 0.6 is 11.8 Å². The van der Waals surface area contributed by atoms with Crippen molar-refractivity contribution >= 4 is 18.0 Å². The second-order valence-electron chi connectivity index (χ2n) is 2.81. The minimum absolute atomic E-state index is 0.574. The van der Waals surface area contributed by atoms with Crippen LogP contribution in [0.2, 0.25) is 0 Å². The lowest BCUT2D eigenvalue weighted by Crippen LogP contribution is -1.98. The number of rotatable bonds is 5. The van der Waals surface area contributed by atoms with Gasteiger partial charge in [0, 0.05) is 5.56 Å². The zero-order valence-electron chi connectivity index (χ0n) is 9.07. The van der Waals surface area contributed by atoms with Gasteiger partial charge in [-0.25, -0.2) is 0 Å². The smallest absolute Gasteiger partial charge is 0.174 e. The Morgan fingerprint density at radius 2 is 2.20 bits per heavy atom. The Kier molecular flexibility index (Phi) is 4.49. The van der Waals surface area contributed by atoms with Crippen LogP contribution in [-0.2, 0) is 0 Å². The average Bonchev–Trinajstić information content (AvgIpc) is 2.29. The summed E-state index contributed by atoms with van der Waals surface area (Å²) in [6.07, 6.45) is 2.74. The van der Waals surface area contributed by atoms with Gasteiger partial charge in [-0.1, -0.05) is 0 Å². The van der Waals surface area contributed by atoms with Gasteiger partial charge >= 0.3 is 0 Å². The quantitative estimate of drug-likeness (QED) is 0.571. The van der Waals surface area contributed by atoms with E-state index in [2.05, 4.69) is 0 Å². The molecule has 4 heteroatoms. The van der Waals surface area contributed by atoms with Gasteiger partial charge in [0.15, 0.2) is 11.5 Å². The van der Waals surface area contributed by atoms with Crippen LogP contribution in [0.15, 0.2) is 17.0 Å². The number of benzene rings is 1. The third-order valence-electron chi connectivity index (χ3n) is 1.91. The maximum absolute atomic E-state index is 10.7. The molecule has 0 amide bonds. The molecule has 82 valence electrons. The molecule has 0 aliphatic rings. The molecule has 0 heterocycles. The zero-order valence-corrected chi connectivity index (χ0v) is 9.89. The molecule has 0 atom stereocenters. The molecule has 0 aromatic heterocycles. The maximum Gasteiger partial charge on any atom is 0.174 e. The minimum atomic E-state index is 0.574. The number of hydrogen-bond donors (Lipinski definition) is 0. The van der Waals surface area contributed by atoms with E-state index >= 15 is 0 Å². The molecule has 1 rings (SSSR count). The Morgan fingerprint density at radius 1 is 1.47 bits per heavy atom. The van der Waals surface area contributed by atoms with Crippen molar-refractivity contribution in [1.82, 2.24) is 0 Å². The summed E-state index contributed by atoms with van der Waals surface area (Å²) in [4.78, 5) is 11.6. The van der Waals surface area contributed by atoms with E-state index in [-0.39, 0.29) is 0 Å². The predicted molar refractivity (Wildman–Crippen MR) is 61.3 cm³/mol. The van der Waals surface area contributed by atoms with Crippen molar-refractivity contribution in [2.75, 3.05) is 20.0 Å². The van der Waals surface area contributed by atoms with E-state index in [1.165, 1.54) is 11.8 Å². The third kappa shape index (κ3) is 2.65. The molecule has 0 N–H and O–H groups in total. The van der Waals surface area contributed by atoms with Crippen LogP contribution in [0.3, 0.4) is 0 Å². The minimum Gasteiger partial charge on any atom is -0.493 e. The molecule has 0 bridgehead atoms. The van der Waals surface area contributed by atoms with E-state index in [9.17, 15) is 4.79 Å². The van der Waals surface area contributed by atoms with E-state index in [1.807, 2.05) is 13.2 Å². The normalized spacial score (nSPS) is 9.80. The summed E-state index contributed by atoms with van der Waals surface area (Å²) >= 11 is 1.53. The van der Waals surface area contributed by atoms with Crippen LogP contribution in [0.25, 0.3) is 0 Å². The highest BCUT2D eigenvalue weighted by molar-refractivity contribution is 7.98. The molecule has 0 aliphatic carbocycles. The molecular weight excluding hydrogens is 212 g/mol. The first-order chi connectivity index (χ1) is 7.26. The number of ether oxygens (including phenoxy) is 2. The van der Waals surface area contributed by atoms with Gasteiger partial charge in [0.25, 0.3) is 0 Å². The number of hydrogen-bond acceptors (Lipinski definition) is 4. The van der Waals surface area contributed by atoms with Gasteiger partial charge in [0.2, 0.25) is 0 Å². The van der Waals surface area contributed by atoms with Gasteiger partial charge in [0.05, 0.1) is 18.6 Å². The topological polar surface area (TPSA) is 35.5 Å². The van der Waals surface area contributed by atoms with Crippen molar-refractivity contribution in [3.8, 4) is 11.5 Å². The van der Waals surface area contributed by atoms with Crippen molar-refractivity contribution < 1.29 is 14.3 Å². The first-order valence-electron chi connectivity index (χ1n) is 4.60. The Hall–Kier alpha value is -1.16. The SMILES string of the molecule is CCOc1c(OC)cc(C=O)cc1SC. The fraction of sp³-hybridized carbons (Fsp3) is 0.364. The van der Waals surface area contributed by atoms with Crippen LogP contribution in [-0.4, -0.2) is 26.3 Å². The summed E-state index contributed by atoms with van der Waals surface area (Å²) in [6.45, 7) is 2.49. The molecule has 0 fully saturated rings. The van der Waals surface area contributed by atoms with Crippen molar-refractivity contribution in [3.05, 3.63) is 17.7 Å². The molecule has 1 aromatic rings. The van der Waals surface area contributed by atoms with Gasteiger partial charge in [0.1, 0.15) is 6.29 Å². The molecule has 0 saturated heterocycles. The van der Waals surface area contributed by atoms with Gasteiger partial charge in [-0.3, -0.25) is 4.79 Å². The molecule has 15 heavy (non-hydrogen) atoms. The summed E-state index contributed by atoms with van der Waals surface area (Å²) < 4.78 is 10.7. The Balaban J connectivity index is 3.25. The first kappa shape index (κ1) is 11.9. The van der Waals surface area contributed by atoms with Gasteiger partial charge < -0.3 is 9.47 Å². The second-order valence-corrected chi connectivity index (χ2v) is 3.65. The number of methoxy groups -OCH3 is 1. The monoisotopic (exact) mass is 226 g/mol. The molecule has 0 spiro atoms. The number of carbonyl (C=O) groups excluding carboxylic acids is 1. The fourth-order valence-electron chi connectivity index (χ4n) is 1.25. The Morgan fingerprint density at radius 3 is 2.67 bits per heavy atom. The van der Waals surface area contributed by atoms with Gasteiger partial charge in [-0.05, 0) is 25.3 Å². The molecule has 1 aromatic carbocycles. The second kappa shape index (κ2) is 5.66. The molecule has 0 saturated carbocycles. The number of carbonyl (C=O) groups is 1. The Bertz CT molecular complexity index is 325. The summed E-state index contributed by atoms with van der Waals surface area (Å²) in [5.74, 6) is 1.31. The molecule has 0 radical (unpaired) electrons. The van der Waals surface area contributed by atoms with E-state index < -0.39 is 0 Å². The van der Waals surface area contributed by atoms with Crippen LogP contribution in [0.4, 0.5) is 0 Å². The van der Waals surface area contributed by atoms with Crippen molar-refractivity contribution in [1.29, 1.82) is 0 Å². The zero-order chi connectivity index (χ0) is 11.3. The summed E-state index contributed by atoms with van der Waals surface area (Å²) in [5, 5.41) is 0. The molecule has 0 aliphatic heterocycles. The van der Waals surface area contributed by atoms with E-state index in [4.69, 9.17) is 9.47 Å². The number of aldehydes is 1. The standard InChI is InChI=1S/C11H14O3S/c1-4-14-11-9(13-2)5-8(7-12)6-10(11)15-3/h5-7H,4H2,1-3H3. The highest BCUT2D eigenvalue weighted by atomic mass is 32.2. The summed E-state index contributed by atoms with van der Waals surface area (Å²) in [6, 6.07) is 3.48. The maximum atomic E-state index is 10.7. The third-order valence-corrected chi connectivity index (χ3v) is 2.65. The largest absolute Gasteiger partial charge is 0.493 e. The highest BCUT2D eigenvalue weighted by Gasteiger charge is 2.11. The number of thioether (sulfide) groups is 1. The summed E-state index contributed by atoms with van der Waals surface area (Å²) in [7, 11) is 1.57. The van der Waals surface area contributed by atoms with Gasteiger partial charge in [-0.15, -0.1) is 11.8 Å². The lowest BCUT2D eigenvalue weighted by Gasteiger charge is -2.13. The lowest BCUT2D eigenvalue weighted by atomic mass is 10.2.